The molecule has 0 aliphatic carbocycles. The summed E-state index contributed by atoms with van der Waals surface area (Å²) >= 11 is 0. The predicted octanol–water partition coefficient (Wildman–Crippen LogP) is 0.865. The van der Waals surface area contributed by atoms with E-state index in [0.717, 1.165) is 13.1 Å². The molecule has 1 N–H and O–H groups in total. The molecule has 0 saturated heterocycles. The van der Waals surface area contributed by atoms with Crippen LogP contribution in [0.5, 0.6) is 0 Å². The minimum Gasteiger partial charge on any atom is -0.307 e. The number of rotatable bonds is 4. The van der Waals surface area contributed by atoms with E-state index in [-0.39, 0.29) is 12.4 Å². The zero-order chi connectivity index (χ0) is 10.7. The van der Waals surface area contributed by atoms with Gasteiger partial charge in [-0.25, -0.2) is 0 Å². The van der Waals surface area contributed by atoms with Crippen LogP contribution in [0.4, 0.5) is 0 Å². The average Bonchev–Trinajstić information content (AvgIpc) is 2.77. The summed E-state index contributed by atoms with van der Waals surface area (Å²) in [7, 11) is 3.87. The lowest BCUT2D eigenvalue weighted by atomic mass is 10.3. The Morgan fingerprint density at radius 2 is 2.06 bits per heavy atom. The summed E-state index contributed by atoms with van der Waals surface area (Å²) in [5.41, 5.74) is 2.37. The Labute approximate surface area is 101 Å². The van der Waals surface area contributed by atoms with Crippen LogP contribution in [0.25, 0.3) is 0 Å². The summed E-state index contributed by atoms with van der Waals surface area (Å²) in [6.07, 6.45) is 5.69. The molecule has 5 nitrogen and oxygen atoms in total. The first kappa shape index (κ1) is 12.7. The summed E-state index contributed by atoms with van der Waals surface area (Å²) in [4.78, 5) is 0. The highest BCUT2D eigenvalue weighted by Crippen LogP contribution is 1.98. The van der Waals surface area contributed by atoms with Crippen LogP contribution < -0.4 is 5.32 Å². The fourth-order valence-corrected chi connectivity index (χ4v) is 1.47. The Hall–Kier alpha value is -1.33. The molecule has 6 heteroatoms. The van der Waals surface area contributed by atoms with Gasteiger partial charge < -0.3 is 5.32 Å². The zero-order valence-corrected chi connectivity index (χ0v) is 10.2. The fourth-order valence-electron chi connectivity index (χ4n) is 1.47. The van der Waals surface area contributed by atoms with Gasteiger partial charge in [0.1, 0.15) is 0 Å². The third-order valence-electron chi connectivity index (χ3n) is 2.32. The first-order valence-electron chi connectivity index (χ1n) is 4.91. The number of aryl methyl sites for hydroxylation is 2. The summed E-state index contributed by atoms with van der Waals surface area (Å²) in [5, 5.41) is 11.6. The molecule has 2 rings (SSSR count). The molecule has 16 heavy (non-hydrogen) atoms. The summed E-state index contributed by atoms with van der Waals surface area (Å²) in [6, 6.07) is 2.01. The highest BCUT2D eigenvalue weighted by Gasteiger charge is 1.99. The van der Waals surface area contributed by atoms with Crippen LogP contribution in [-0.4, -0.2) is 19.6 Å². The molecule has 88 valence electrons. The standard InChI is InChI=1S/C10H15N5.ClH/c1-14-8-9(6-13-14)5-11-7-10-3-4-12-15(10)2;/h3-4,6,8,11H,5,7H2,1-2H3;1H. The third kappa shape index (κ3) is 3.08. The molecule has 2 aromatic rings. The van der Waals surface area contributed by atoms with Gasteiger partial charge >= 0.3 is 0 Å². The van der Waals surface area contributed by atoms with Gasteiger partial charge in [0.25, 0.3) is 0 Å². The van der Waals surface area contributed by atoms with Crippen LogP contribution in [0.3, 0.4) is 0 Å². The Kier molecular flexibility index (Phi) is 4.52. The van der Waals surface area contributed by atoms with Crippen LogP contribution in [0.15, 0.2) is 24.7 Å². The van der Waals surface area contributed by atoms with Crippen molar-refractivity contribution in [2.24, 2.45) is 14.1 Å². The van der Waals surface area contributed by atoms with Crippen molar-refractivity contribution in [2.75, 3.05) is 0 Å². The lowest BCUT2D eigenvalue weighted by Crippen LogP contribution is -2.14. The first-order chi connectivity index (χ1) is 7.25. The normalized spacial score (nSPS) is 10.1. The van der Waals surface area contributed by atoms with E-state index in [1.807, 2.05) is 37.2 Å². The number of hydrogen-bond acceptors (Lipinski definition) is 3. The lowest BCUT2D eigenvalue weighted by Gasteiger charge is -2.03. The highest BCUT2D eigenvalue weighted by molar-refractivity contribution is 5.85. The number of nitrogens with zero attached hydrogens (tertiary/aromatic N) is 4. The van der Waals surface area contributed by atoms with Gasteiger partial charge in [-0.05, 0) is 6.07 Å². The molecule has 0 spiro atoms. The molecule has 0 aliphatic rings. The van der Waals surface area contributed by atoms with Crippen molar-refractivity contribution in [1.82, 2.24) is 24.9 Å². The second-order valence-corrected chi connectivity index (χ2v) is 3.57. The molecule has 0 radical (unpaired) electrons. The quantitative estimate of drug-likeness (QED) is 0.864. The number of hydrogen-bond donors (Lipinski definition) is 1. The van der Waals surface area contributed by atoms with E-state index in [0.29, 0.717) is 0 Å². The van der Waals surface area contributed by atoms with Gasteiger partial charge in [-0.3, -0.25) is 9.36 Å². The topological polar surface area (TPSA) is 47.7 Å². The summed E-state index contributed by atoms with van der Waals surface area (Å²) in [6.45, 7) is 1.66. The maximum Gasteiger partial charge on any atom is 0.0534 e. The van der Waals surface area contributed by atoms with Crippen LogP contribution in [-0.2, 0) is 27.2 Å². The maximum atomic E-state index is 4.11. The van der Waals surface area contributed by atoms with Crippen molar-refractivity contribution >= 4 is 12.4 Å². The van der Waals surface area contributed by atoms with Crippen molar-refractivity contribution in [1.29, 1.82) is 0 Å². The van der Waals surface area contributed by atoms with Crippen LogP contribution in [0.2, 0.25) is 0 Å². The number of nitrogens with one attached hydrogen (secondary N) is 1. The Bertz CT molecular complexity index is 434. The van der Waals surface area contributed by atoms with E-state index in [1.165, 1.54) is 11.3 Å². The van der Waals surface area contributed by atoms with Gasteiger partial charge in [-0.2, -0.15) is 10.2 Å². The minimum absolute atomic E-state index is 0. The lowest BCUT2D eigenvalue weighted by molar-refractivity contribution is 0.626. The second kappa shape index (κ2) is 5.67. The molecular weight excluding hydrogens is 226 g/mol. The number of aromatic nitrogens is 4. The van der Waals surface area contributed by atoms with Crippen molar-refractivity contribution < 1.29 is 0 Å². The fraction of sp³-hybridized carbons (Fsp3) is 0.400. The summed E-state index contributed by atoms with van der Waals surface area (Å²) in [5.74, 6) is 0. The van der Waals surface area contributed by atoms with Crippen molar-refractivity contribution in [3.63, 3.8) is 0 Å². The second-order valence-electron chi connectivity index (χ2n) is 3.57. The molecule has 0 atom stereocenters. The van der Waals surface area contributed by atoms with E-state index >= 15 is 0 Å². The van der Waals surface area contributed by atoms with E-state index < -0.39 is 0 Å². The molecule has 0 aromatic carbocycles. The van der Waals surface area contributed by atoms with Crippen molar-refractivity contribution in [3.8, 4) is 0 Å². The van der Waals surface area contributed by atoms with Gasteiger partial charge in [-0.15, -0.1) is 12.4 Å². The SMILES string of the molecule is Cl.Cn1cc(CNCc2ccnn2C)cn1. The smallest absolute Gasteiger partial charge is 0.0534 e. The van der Waals surface area contributed by atoms with Gasteiger partial charge in [0.05, 0.1) is 11.9 Å². The molecule has 2 heterocycles. The van der Waals surface area contributed by atoms with Gasteiger partial charge in [0.2, 0.25) is 0 Å². The van der Waals surface area contributed by atoms with E-state index in [1.54, 1.807) is 10.9 Å². The third-order valence-corrected chi connectivity index (χ3v) is 2.32. The van der Waals surface area contributed by atoms with Gasteiger partial charge in [0.15, 0.2) is 0 Å². The van der Waals surface area contributed by atoms with Gasteiger partial charge in [-0.1, -0.05) is 0 Å². The average molecular weight is 242 g/mol. The van der Waals surface area contributed by atoms with Crippen LogP contribution >= 0.6 is 12.4 Å². The predicted molar refractivity (Wildman–Crippen MR) is 64.2 cm³/mol. The first-order valence-corrected chi connectivity index (χ1v) is 4.91. The van der Waals surface area contributed by atoms with E-state index in [2.05, 4.69) is 15.5 Å². The maximum absolute atomic E-state index is 4.11. The zero-order valence-electron chi connectivity index (χ0n) is 9.42. The molecule has 0 aliphatic heterocycles. The van der Waals surface area contributed by atoms with E-state index in [9.17, 15) is 0 Å². The Balaban J connectivity index is 0.00000128. The van der Waals surface area contributed by atoms with E-state index in [4.69, 9.17) is 0 Å². The highest BCUT2D eigenvalue weighted by atomic mass is 35.5. The molecule has 2 aromatic heterocycles. The Morgan fingerprint density at radius 1 is 1.25 bits per heavy atom. The molecule has 0 bridgehead atoms. The molecule has 0 saturated carbocycles. The van der Waals surface area contributed by atoms with Gasteiger partial charge in [0, 0.05) is 45.1 Å². The van der Waals surface area contributed by atoms with Crippen molar-refractivity contribution in [3.05, 3.63) is 35.9 Å². The number of halogens is 1. The van der Waals surface area contributed by atoms with Crippen molar-refractivity contribution in [2.45, 2.75) is 13.1 Å². The monoisotopic (exact) mass is 241 g/mol. The minimum atomic E-state index is 0. The van der Waals surface area contributed by atoms with Crippen LogP contribution in [0.1, 0.15) is 11.3 Å². The summed E-state index contributed by atoms with van der Waals surface area (Å²) < 4.78 is 3.68. The Morgan fingerprint density at radius 3 is 2.62 bits per heavy atom. The molecular formula is C10H16ClN5. The largest absolute Gasteiger partial charge is 0.307 e. The molecule has 0 fully saturated rings. The molecule has 0 amide bonds. The van der Waals surface area contributed by atoms with Crippen LogP contribution in [0, 0.1) is 0 Å². The molecule has 0 unspecified atom stereocenters.